The van der Waals surface area contributed by atoms with Gasteiger partial charge in [-0.25, -0.2) is 0 Å². The second-order valence-corrected chi connectivity index (χ2v) is 6.85. The lowest BCUT2D eigenvalue weighted by atomic mass is 9.84. The Bertz CT molecular complexity index is 593. The third kappa shape index (κ3) is 2.72. The minimum atomic E-state index is 0.0618. The van der Waals surface area contributed by atoms with E-state index in [1.807, 2.05) is 0 Å². The molecule has 2 rings (SSSR count). The predicted molar refractivity (Wildman–Crippen MR) is 84.7 cm³/mol. The standard InChI is InChI=1S/C16H22BrNO/c1-6-18-9-12-14(16(3,4)5)13-11(17)8-7-10(2)15(13)19-12/h7-8,18H,6,9H2,1-5H3. The Morgan fingerprint density at radius 3 is 2.53 bits per heavy atom. The zero-order valence-corrected chi connectivity index (χ0v) is 13.9. The van der Waals surface area contributed by atoms with Gasteiger partial charge >= 0.3 is 0 Å². The van der Waals surface area contributed by atoms with Crippen molar-refractivity contribution < 1.29 is 4.42 Å². The second kappa shape index (κ2) is 5.29. The van der Waals surface area contributed by atoms with Gasteiger partial charge in [-0.2, -0.15) is 0 Å². The molecule has 0 spiro atoms. The van der Waals surface area contributed by atoms with Crippen LogP contribution in [-0.2, 0) is 12.0 Å². The lowest BCUT2D eigenvalue weighted by molar-refractivity contribution is 0.486. The molecule has 104 valence electrons. The largest absolute Gasteiger partial charge is 0.459 e. The number of furan rings is 1. The fourth-order valence-corrected chi connectivity index (χ4v) is 3.01. The monoisotopic (exact) mass is 323 g/mol. The third-order valence-corrected chi connectivity index (χ3v) is 4.00. The van der Waals surface area contributed by atoms with Gasteiger partial charge < -0.3 is 9.73 Å². The predicted octanol–water partition coefficient (Wildman–Crippen LogP) is 4.91. The highest BCUT2D eigenvalue weighted by atomic mass is 79.9. The van der Waals surface area contributed by atoms with Crippen molar-refractivity contribution in [2.75, 3.05) is 6.54 Å². The normalized spacial score (nSPS) is 12.3. The van der Waals surface area contributed by atoms with E-state index in [9.17, 15) is 0 Å². The van der Waals surface area contributed by atoms with Gasteiger partial charge in [0, 0.05) is 15.4 Å². The molecule has 3 heteroatoms. The Kier molecular flexibility index (Phi) is 4.07. The molecular weight excluding hydrogens is 302 g/mol. The van der Waals surface area contributed by atoms with Crippen molar-refractivity contribution in [2.45, 2.75) is 46.6 Å². The molecule has 2 nitrogen and oxygen atoms in total. The summed E-state index contributed by atoms with van der Waals surface area (Å²) in [6, 6.07) is 4.21. The SMILES string of the molecule is CCNCc1oc2c(C)ccc(Br)c2c1C(C)(C)C. The van der Waals surface area contributed by atoms with Gasteiger partial charge in [-0.15, -0.1) is 0 Å². The number of hydrogen-bond donors (Lipinski definition) is 1. The maximum atomic E-state index is 6.15. The summed E-state index contributed by atoms with van der Waals surface area (Å²) in [4.78, 5) is 0. The van der Waals surface area contributed by atoms with Gasteiger partial charge in [0.25, 0.3) is 0 Å². The van der Waals surface area contributed by atoms with Gasteiger partial charge in [-0.3, -0.25) is 0 Å². The molecule has 0 aliphatic heterocycles. The molecule has 1 heterocycles. The summed E-state index contributed by atoms with van der Waals surface area (Å²) in [5.74, 6) is 1.05. The molecular formula is C16H22BrNO. The van der Waals surface area contributed by atoms with E-state index < -0.39 is 0 Å². The van der Waals surface area contributed by atoms with Crippen molar-refractivity contribution in [1.29, 1.82) is 0 Å². The van der Waals surface area contributed by atoms with Crippen LogP contribution in [0.5, 0.6) is 0 Å². The van der Waals surface area contributed by atoms with Crippen molar-refractivity contribution in [3.63, 3.8) is 0 Å². The number of benzene rings is 1. The van der Waals surface area contributed by atoms with E-state index in [1.165, 1.54) is 16.5 Å². The van der Waals surface area contributed by atoms with E-state index in [1.54, 1.807) is 0 Å². The Morgan fingerprint density at radius 1 is 1.26 bits per heavy atom. The molecule has 2 aromatic rings. The maximum absolute atomic E-state index is 6.15. The number of fused-ring (bicyclic) bond motifs is 1. The van der Waals surface area contributed by atoms with Crippen molar-refractivity contribution in [1.82, 2.24) is 5.32 Å². The van der Waals surface area contributed by atoms with Gasteiger partial charge in [0.15, 0.2) is 0 Å². The highest BCUT2D eigenvalue weighted by Gasteiger charge is 2.26. The first kappa shape index (κ1) is 14.6. The molecule has 0 atom stereocenters. The van der Waals surface area contributed by atoms with Crippen LogP contribution in [0.25, 0.3) is 11.0 Å². The van der Waals surface area contributed by atoms with Crippen LogP contribution in [0.1, 0.15) is 44.6 Å². The fourth-order valence-electron chi connectivity index (χ4n) is 2.50. The van der Waals surface area contributed by atoms with Crippen LogP contribution in [-0.4, -0.2) is 6.54 Å². The van der Waals surface area contributed by atoms with Crippen LogP contribution in [0.15, 0.2) is 21.0 Å². The van der Waals surface area contributed by atoms with E-state index >= 15 is 0 Å². The van der Waals surface area contributed by atoms with Crippen LogP contribution in [0, 0.1) is 6.92 Å². The van der Waals surface area contributed by atoms with E-state index in [0.29, 0.717) is 0 Å². The number of halogens is 1. The number of rotatable bonds is 3. The number of hydrogen-bond acceptors (Lipinski definition) is 2. The van der Waals surface area contributed by atoms with Gasteiger partial charge in [0.05, 0.1) is 6.54 Å². The van der Waals surface area contributed by atoms with Gasteiger partial charge in [0.1, 0.15) is 11.3 Å². The molecule has 1 aromatic carbocycles. The zero-order valence-electron chi connectivity index (χ0n) is 12.4. The second-order valence-electron chi connectivity index (χ2n) is 6.00. The summed E-state index contributed by atoms with van der Waals surface area (Å²) in [6.07, 6.45) is 0. The average molecular weight is 324 g/mol. The number of nitrogens with one attached hydrogen (secondary N) is 1. The van der Waals surface area contributed by atoms with Gasteiger partial charge in [0.2, 0.25) is 0 Å². The van der Waals surface area contributed by atoms with Gasteiger partial charge in [-0.1, -0.05) is 49.7 Å². The first-order chi connectivity index (χ1) is 8.86. The summed E-state index contributed by atoms with van der Waals surface area (Å²) in [7, 11) is 0. The summed E-state index contributed by atoms with van der Waals surface area (Å²) in [5, 5.41) is 4.59. The van der Waals surface area contributed by atoms with Crippen molar-refractivity contribution >= 4 is 26.9 Å². The lowest BCUT2D eigenvalue weighted by Crippen LogP contribution is -2.18. The first-order valence-corrected chi connectivity index (χ1v) is 7.57. The minimum Gasteiger partial charge on any atom is -0.459 e. The summed E-state index contributed by atoms with van der Waals surface area (Å²) in [5.41, 5.74) is 3.56. The van der Waals surface area contributed by atoms with E-state index in [-0.39, 0.29) is 5.41 Å². The fraction of sp³-hybridized carbons (Fsp3) is 0.500. The Hall–Kier alpha value is -0.800. The Labute approximate surface area is 123 Å². The molecule has 0 aliphatic carbocycles. The zero-order chi connectivity index (χ0) is 14.2. The van der Waals surface area contributed by atoms with Crippen LogP contribution < -0.4 is 5.32 Å². The molecule has 0 unspecified atom stereocenters. The molecule has 19 heavy (non-hydrogen) atoms. The highest BCUT2D eigenvalue weighted by Crippen LogP contribution is 2.40. The topological polar surface area (TPSA) is 25.2 Å². The van der Waals surface area contributed by atoms with Crippen molar-refractivity contribution in [3.05, 3.63) is 33.5 Å². The molecule has 0 amide bonds. The molecule has 0 bridgehead atoms. The van der Waals surface area contributed by atoms with E-state index in [0.717, 1.165) is 28.9 Å². The highest BCUT2D eigenvalue weighted by molar-refractivity contribution is 9.10. The van der Waals surface area contributed by atoms with Crippen molar-refractivity contribution in [2.24, 2.45) is 0 Å². The van der Waals surface area contributed by atoms with Crippen LogP contribution in [0.4, 0.5) is 0 Å². The van der Waals surface area contributed by atoms with Crippen LogP contribution in [0.3, 0.4) is 0 Å². The van der Waals surface area contributed by atoms with Crippen molar-refractivity contribution in [3.8, 4) is 0 Å². The molecule has 0 saturated heterocycles. The number of aryl methyl sites for hydroxylation is 1. The Balaban J connectivity index is 2.74. The quantitative estimate of drug-likeness (QED) is 0.868. The summed E-state index contributed by atoms with van der Waals surface area (Å²) >= 11 is 3.68. The summed E-state index contributed by atoms with van der Waals surface area (Å²) in [6.45, 7) is 12.7. The van der Waals surface area contributed by atoms with Gasteiger partial charge in [-0.05, 0) is 30.5 Å². The van der Waals surface area contributed by atoms with Crippen LogP contribution in [0.2, 0.25) is 0 Å². The Morgan fingerprint density at radius 2 is 1.95 bits per heavy atom. The minimum absolute atomic E-state index is 0.0618. The first-order valence-electron chi connectivity index (χ1n) is 6.78. The van der Waals surface area contributed by atoms with Crippen LogP contribution >= 0.6 is 15.9 Å². The molecule has 0 fully saturated rings. The average Bonchev–Trinajstić information content (AvgIpc) is 2.71. The van der Waals surface area contributed by atoms with E-state index in [4.69, 9.17) is 4.42 Å². The molecule has 0 saturated carbocycles. The molecule has 0 aliphatic rings. The lowest BCUT2D eigenvalue weighted by Gasteiger charge is -2.20. The van der Waals surface area contributed by atoms with E-state index in [2.05, 4.69) is 68.0 Å². The molecule has 1 N–H and O–H groups in total. The smallest absolute Gasteiger partial charge is 0.138 e. The molecule has 1 aromatic heterocycles. The third-order valence-electron chi connectivity index (χ3n) is 3.34. The summed E-state index contributed by atoms with van der Waals surface area (Å²) < 4.78 is 7.26. The maximum Gasteiger partial charge on any atom is 0.138 e. The molecule has 0 radical (unpaired) electrons.